The molecular weight excluding hydrogens is 314 g/mol. The van der Waals surface area contributed by atoms with E-state index in [1.54, 1.807) is 0 Å². The Hall–Kier alpha value is -2.67. The Morgan fingerprint density at radius 1 is 1.22 bits per heavy atom. The van der Waals surface area contributed by atoms with Gasteiger partial charge >= 0.3 is 0 Å². The molecule has 2 aromatic carbocycles. The van der Waals surface area contributed by atoms with E-state index in [1.807, 2.05) is 32.0 Å². The van der Waals surface area contributed by atoms with Crippen LogP contribution in [0.3, 0.4) is 0 Å². The van der Waals surface area contributed by atoms with Crippen LogP contribution in [-0.2, 0) is 6.54 Å². The fourth-order valence-electron chi connectivity index (χ4n) is 2.00. The monoisotopic (exact) mass is 331 g/mol. The van der Waals surface area contributed by atoms with E-state index in [0.717, 1.165) is 11.3 Å². The van der Waals surface area contributed by atoms with Gasteiger partial charge in [0.25, 0.3) is 5.69 Å². The lowest BCUT2D eigenvalue weighted by Gasteiger charge is -2.12. The third-order valence-corrected chi connectivity index (χ3v) is 3.72. The Balaban J connectivity index is 2.00. The minimum absolute atomic E-state index is 0.0166. The third kappa shape index (κ3) is 4.40. The van der Waals surface area contributed by atoms with Gasteiger partial charge in [0.2, 0.25) is 0 Å². The number of thiocarbonyl (C=S) groups is 1. The van der Waals surface area contributed by atoms with E-state index >= 15 is 0 Å². The van der Waals surface area contributed by atoms with Gasteiger partial charge in [-0.15, -0.1) is 0 Å². The first-order chi connectivity index (χ1) is 10.9. The van der Waals surface area contributed by atoms with Crippen LogP contribution < -0.4 is 10.6 Å². The Morgan fingerprint density at radius 2 is 1.96 bits per heavy atom. The van der Waals surface area contributed by atoms with Crippen LogP contribution in [0.4, 0.5) is 11.4 Å². The first-order valence-corrected chi connectivity index (χ1v) is 7.36. The number of hydrogen-bond donors (Lipinski definition) is 3. The molecule has 23 heavy (non-hydrogen) atoms. The van der Waals surface area contributed by atoms with Crippen LogP contribution in [0.5, 0.6) is 5.75 Å². The van der Waals surface area contributed by atoms with Gasteiger partial charge in [-0.05, 0) is 55.4 Å². The summed E-state index contributed by atoms with van der Waals surface area (Å²) in [6.45, 7) is 4.23. The molecule has 0 saturated carbocycles. The second-order valence-corrected chi connectivity index (χ2v) is 5.59. The number of anilines is 1. The Bertz CT molecular complexity index is 762. The molecule has 0 aromatic heterocycles. The van der Waals surface area contributed by atoms with Crippen molar-refractivity contribution in [3.63, 3.8) is 0 Å². The van der Waals surface area contributed by atoms with Gasteiger partial charge in [-0.1, -0.05) is 6.07 Å². The molecule has 3 N–H and O–H groups in total. The van der Waals surface area contributed by atoms with E-state index in [2.05, 4.69) is 10.6 Å². The Morgan fingerprint density at radius 3 is 2.61 bits per heavy atom. The molecule has 7 heteroatoms. The van der Waals surface area contributed by atoms with Crippen LogP contribution in [0.2, 0.25) is 0 Å². The molecule has 120 valence electrons. The van der Waals surface area contributed by atoms with Crippen LogP contribution in [0.15, 0.2) is 36.4 Å². The summed E-state index contributed by atoms with van der Waals surface area (Å²) in [5, 5.41) is 26.9. The predicted molar refractivity (Wildman–Crippen MR) is 93.7 cm³/mol. The largest absolute Gasteiger partial charge is 0.508 e. The number of non-ortho nitro benzene ring substituents is 1. The molecule has 0 unspecified atom stereocenters. The second-order valence-electron chi connectivity index (χ2n) is 5.18. The molecule has 0 spiro atoms. The molecule has 0 heterocycles. The SMILES string of the molecule is Cc1ccc(NC(=S)NCc2cc([N+](=O)[O-])ccc2O)cc1C. The molecule has 2 aromatic rings. The van der Waals surface area contributed by atoms with E-state index in [4.69, 9.17) is 12.2 Å². The summed E-state index contributed by atoms with van der Waals surface area (Å²) in [6, 6.07) is 9.77. The topological polar surface area (TPSA) is 87.4 Å². The molecule has 0 fully saturated rings. The average Bonchev–Trinajstić information content (AvgIpc) is 2.50. The Kier molecular flexibility index (Phi) is 5.13. The maximum atomic E-state index is 10.8. The summed E-state index contributed by atoms with van der Waals surface area (Å²) in [5.74, 6) is -0.0166. The molecule has 0 aliphatic heterocycles. The summed E-state index contributed by atoms with van der Waals surface area (Å²) < 4.78 is 0. The molecule has 0 amide bonds. The number of nitro groups is 1. The van der Waals surface area contributed by atoms with Crippen LogP contribution in [0, 0.1) is 24.0 Å². The predicted octanol–water partition coefficient (Wildman–Crippen LogP) is 3.40. The van der Waals surface area contributed by atoms with Crippen molar-refractivity contribution < 1.29 is 10.0 Å². The van der Waals surface area contributed by atoms with Crippen molar-refractivity contribution in [3.8, 4) is 5.75 Å². The van der Waals surface area contributed by atoms with E-state index in [9.17, 15) is 15.2 Å². The fourth-order valence-corrected chi connectivity index (χ4v) is 2.19. The number of aryl methyl sites for hydroxylation is 2. The number of nitro benzene ring substituents is 1. The van der Waals surface area contributed by atoms with E-state index in [0.29, 0.717) is 10.7 Å². The van der Waals surface area contributed by atoms with Crippen molar-refractivity contribution in [1.29, 1.82) is 0 Å². The van der Waals surface area contributed by atoms with E-state index in [-0.39, 0.29) is 18.0 Å². The lowest BCUT2D eigenvalue weighted by molar-refractivity contribution is -0.384. The number of phenolic OH excluding ortho intramolecular Hbond substituents is 1. The maximum absolute atomic E-state index is 10.8. The number of nitrogens with one attached hydrogen (secondary N) is 2. The highest BCUT2D eigenvalue weighted by Crippen LogP contribution is 2.22. The minimum atomic E-state index is -0.505. The van der Waals surface area contributed by atoms with Crippen LogP contribution in [0.1, 0.15) is 16.7 Å². The highest BCUT2D eigenvalue weighted by molar-refractivity contribution is 7.80. The normalized spacial score (nSPS) is 10.2. The van der Waals surface area contributed by atoms with Crippen LogP contribution >= 0.6 is 12.2 Å². The summed E-state index contributed by atoms with van der Waals surface area (Å²) in [6.07, 6.45) is 0. The average molecular weight is 331 g/mol. The molecule has 0 aliphatic carbocycles. The zero-order valence-electron chi connectivity index (χ0n) is 12.8. The summed E-state index contributed by atoms with van der Waals surface area (Å²) in [5.41, 5.74) is 3.52. The van der Waals surface area contributed by atoms with Crippen molar-refractivity contribution >= 4 is 28.7 Å². The molecule has 0 bridgehead atoms. The van der Waals surface area contributed by atoms with Crippen molar-refractivity contribution in [2.24, 2.45) is 0 Å². The van der Waals surface area contributed by atoms with Gasteiger partial charge in [0.15, 0.2) is 5.11 Å². The molecule has 6 nitrogen and oxygen atoms in total. The zero-order chi connectivity index (χ0) is 17.0. The van der Waals surface area contributed by atoms with Gasteiger partial charge in [0.1, 0.15) is 5.75 Å². The standard InChI is InChI=1S/C16H17N3O3S/c1-10-3-4-13(7-11(10)2)18-16(23)17-9-12-8-14(19(21)22)5-6-15(12)20/h3-8,20H,9H2,1-2H3,(H2,17,18,23). The fraction of sp³-hybridized carbons (Fsp3) is 0.188. The first kappa shape index (κ1) is 16.7. The molecule has 0 saturated heterocycles. The first-order valence-electron chi connectivity index (χ1n) is 6.95. The number of phenols is 1. The molecule has 0 atom stereocenters. The van der Waals surface area contributed by atoms with Crippen molar-refractivity contribution in [2.75, 3.05) is 5.32 Å². The van der Waals surface area contributed by atoms with Crippen molar-refractivity contribution in [3.05, 3.63) is 63.2 Å². The van der Waals surface area contributed by atoms with Gasteiger partial charge in [-0.2, -0.15) is 0 Å². The molecular formula is C16H17N3O3S. The summed E-state index contributed by atoms with van der Waals surface area (Å²) >= 11 is 5.20. The number of aromatic hydroxyl groups is 1. The van der Waals surface area contributed by atoms with Gasteiger partial charge in [0, 0.05) is 29.9 Å². The zero-order valence-corrected chi connectivity index (χ0v) is 13.6. The quantitative estimate of drug-likeness (QED) is 0.452. The van der Waals surface area contributed by atoms with Crippen molar-refractivity contribution in [2.45, 2.75) is 20.4 Å². The van der Waals surface area contributed by atoms with Crippen LogP contribution in [0.25, 0.3) is 0 Å². The second kappa shape index (κ2) is 7.06. The van der Waals surface area contributed by atoms with E-state index < -0.39 is 4.92 Å². The number of hydrogen-bond acceptors (Lipinski definition) is 4. The lowest BCUT2D eigenvalue weighted by Crippen LogP contribution is -2.28. The highest BCUT2D eigenvalue weighted by Gasteiger charge is 2.10. The smallest absolute Gasteiger partial charge is 0.270 e. The number of benzene rings is 2. The summed E-state index contributed by atoms with van der Waals surface area (Å²) in [7, 11) is 0. The highest BCUT2D eigenvalue weighted by atomic mass is 32.1. The Labute approximate surface area is 139 Å². The van der Waals surface area contributed by atoms with E-state index in [1.165, 1.54) is 23.8 Å². The van der Waals surface area contributed by atoms with Crippen LogP contribution in [-0.4, -0.2) is 15.1 Å². The van der Waals surface area contributed by atoms with Gasteiger partial charge < -0.3 is 15.7 Å². The van der Waals surface area contributed by atoms with Gasteiger partial charge in [-0.3, -0.25) is 10.1 Å². The number of nitrogens with zero attached hydrogens (tertiary/aromatic N) is 1. The molecule has 0 aliphatic rings. The minimum Gasteiger partial charge on any atom is -0.508 e. The van der Waals surface area contributed by atoms with Crippen molar-refractivity contribution in [1.82, 2.24) is 5.32 Å². The molecule has 2 rings (SSSR count). The van der Waals surface area contributed by atoms with Gasteiger partial charge in [-0.25, -0.2) is 0 Å². The lowest BCUT2D eigenvalue weighted by atomic mass is 10.1. The summed E-state index contributed by atoms with van der Waals surface area (Å²) in [4.78, 5) is 10.3. The maximum Gasteiger partial charge on any atom is 0.270 e. The third-order valence-electron chi connectivity index (χ3n) is 3.48. The number of rotatable bonds is 4. The molecule has 0 radical (unpaired) electrons. The van der Waals surface area contributed by atoms with Gasteiger partial charge in [0.05, 0.1) is 4.92 Å².